The van der Waals surface area contributed by atoms with Crippen LogP contribution in [-0.4, -0.2) is 7.11 Å². The molecule has 1 fully saturated rings. The molecule has 17 heavy (non-hydrogen) atoms. The summed E-state index contributed by atoms with van der Waals surface area (Å²) in [5, 5.41) is 0. The number of ether oxygens (including phenoxy) is 1. The van der Waals surface area contributed by atoms with E-state index < -0.39 is 0 Å². The van der Waals surface area contributed by atoms with E-state index in [1.807, 2.05) is 0 Å². The lowest BCUT2D eigenvalue weighted by Crippen LogP contribution is -2.44. The number of benzene rings is 1. The molecule has 1 aliphatic carbocycles. The van der Waals surface area contributed by atoms with Crippen LogP contribution in [0.15, 0.2) is 4.47 Å². The Hall–Kier alpha value is -0.540. The molecule has 0 unspecified atom stereocenters. The Morgan fingerprint density at radius 2 is 1.71 bits per heavy atom. The van der Waals surface area contributed by atoms with Crippen LogP contribution in [0.25, 0.3) is 0 Å². The highest BCUT2D eigenvalue weighted by molar-refractivity contribution is 9.10. The molecule has 1 aromatic carbocycles. The molecular formula is C14H20BrNO. The monoisotopic (exact) mass is 297 g/mol. The van der Waals surface area contributed by atoms with Gasteiger partial charge >= 0.3 is 0 Å². The molecule has 0 heterocycles. The van der Waals surface area contributed by atoms with Gasteiger partial charge in [-0.05, 0) is 78.2 Å². The summed E-state index contributed by atoms with van der Waals surface area (Å²) >= 11 is 3.64. The molecule has 1 aliphatic rings. The SMILES string of the molecule is COc1c(C)c(C)c(C2(N)CCC2)c(C)c1Br. The summed E-state index contributed by atoms with van der Waals surface area (Å²) in [6.45, 7) is 6.38. The third kappa shape index (κ3) is 1.80. The quantitative estimate of drug-likeness (QED) is 0.903. The fraction of sp³-hybridized carbons (Fsp3) is 0.571. The maximum absolute atomic E-state index is 6.49. The van der Waals surface area contributed by atoms with Crippen LogP contribution >= 0.6 is 15.9 Å². The Morgan fingerprint density at radius 1 is 1.12 bits per heavy atom. The van der Waals surface area contributed by atoms with Crippen LogP contribution in [-0.2, 0) is 5.54 Å². The van der Waals surface area contributed by atoms with Gasteiger partial charge in [0.25, 0.3) is 0 Å². The van der Waals surface area contributed by atoms with Gasteiger partial charge in [0.1, 0.15) is 5.75 Å². The van der Waals surface area contributed by atoms with Crippen molar-refractivity contribution in [2.24, 2.45) is 5.73 Å². The van der Waals surface area contributed by atoms with E-state index in [1.165, 1.54) is 28.7 Å². The Morgan fingerprint density at radius 3 is 2.12 bits per heavy atom. The van der Waals surface area contributed by atoms with Crippen molar-refractivity contribution in [2.45, 2.75) is 45.6 Å². The van der Waals surface area contributed by atoms with Crippen molar-refractivity contribution in [3.8, 4) is 5.75 Å². The Bertz CT molecular complexity index is 435. The average molecular weight is 298 g/mol. The molecule has 94 valence electrons. The van der Waals surface area contributed by atoms with Crippen molar-refractivity contribution in [1.82, 2.24) is 0 Å². The predicted octanol–water partition coefficient (Wildman–Crippen LogP) is 3.72. The molecule has 2 N–H and O–H groups in total. The molecule has 0 aliphatic heterocycles. The van der Waals surface area contributed by atoms with Gasteiger partial charge in [-0.3, -0.25) is 0 Å². The van der Waals surface area contributed by atoms with E-state index in [0.717, 1.165) is 23.1 Å². The molecule has 3 heteroatoms. The molecule has 0 aromatic heterocycles. The number of methoxy groups -OCH3 is 1. The summed E-state index contributed by atoms with van der Waals surface area (Å²) in [6, 6.07) is 0. The summed E-state index contributed by atoms with van der Waals surface area (Å²) in [5.74, 6) is 0.937. The van der Waals surface area contributed by atoms with Gasteiger partial charge in [-0.1, -0.05) is 0 Å². The fourth-order valence-electron chi connectivity index (χ4n) is 2.88. The summed E-state index contributed by atoms with van der Waals surface area (Å²) in [4.78, 5) is 0. The van der Waals surface area contributed by atoms with Crippen LogP contribution in [0, 0.1) is 20.8 Å². The number of halogens is 1. The summed E-state index contributed by atoms with van der Waals surface area (Å²) in [6.07, 6.45) is 3.41. The highest BCUT2D eigenvalue weighted by Crippen LogP contribution is 2.46. The molecule has 0 atom stereocenters. The lowest BCUT2D eigenvalue weighted by Gasteiger charge is -2.41. The first-order valence-corrected chi connectivity index (χ1v) is 6.84. The van der Waals surface area contributed by atoms with Crippen molar-refractivity contribution < 1.29 is 4.74 Å². The summed E-state index contributed by atoms with van der Waals surface area (Å²) in [5.41, 5.74) is 11.4. The summed E-state index contributed by atoms with van der Waals surface area (Å²) in [7, 11) is 1.72. The minimum Gasteiger partial charge on any atom is -0.495 e. The lowest BCUT2D eigenvalue weighted by molar-refractivity contribution is 0.250. The Labute approximate surface area is 112 Å². The third-order valence-electron chi connectivity index (χ3n) is 4.13. The smallest absolute Gasteiger partial charge is 0.136 e. The maximum atomic E-state index is 6.49. The van der Waals surface area contributed by atoms with Crippen LogP contribution in [0.4, 0.5) is 0 Å². The van der Waals surface area contributed by atoms with Crippen molar-refractivity contribution >= 4 is 15.9 Å². The molecule has 2 nitrogen and oxygen atoms in total. The van der Waals surface area contributed by atoms with Gasteiger partial charge in [-0.2, -0.15) is 0 Å². The Balaban J connectivity index is 2.69. The topological polar surface area (TPSA) is 35.2 Å². The molecule has 1 aromatic rings. The minimum atomic E-state index is -0.117. The molecule has 1 saturated carbocycles. The van der Waals surface area contributed by atoms with Crippen LogP contribution in [0.3, 0.4) is 0 Å². The molecule has 0 spiro atoms. The highest BCUT2D eigenvalue weighted by atomic mass is 79.9. The van der Waals surface area contributed by atoms with Crippen molar-refractivity contribution in [2.75, 3.05) is 7.11 Å². The number of hydrogen-bond acceptors (Lipinski definition) is 2. The normalized spacial score (nSPS) is 17.8. The number of nitrogens with two attached hydrogens (primary N) is 1. The predicted molar refractivity (Wildman–Crippen MR) is 74.6 cm³/mol. The first-order valence-electron chi connectivity index (χ1n) is 6.05. The lowest BCUT2D eigenvalue weighted by atomic mass is 9.69. The first-order chi connectivity index (χ1) is 7.92. The molecule has 0 bridgehead atoms. The van der Waals surface area contributed by atoms with Gasteiger partial charge in [-0.15, -0.1) is 0 Å². The number of hydrogen-bond donors (Lipinski definition) is 1. The number of rotatable bonds is 2. The van der Waals surface area contributed by atoms with Gasteiger partial charge in [0.05, 0.1) is 11.6 Å². The second kappa shape index (κ2) is 4.29. The van der Waals surface area contributed by atoms with Gasteiger partial charge in [0.15, 0.2) is 0 Å². The Kier molecular flexibility index (Phi) is 3.25. The standard InChI is InChI=1S/C14H20BrNO/c1-8-9(2)13(17-4)12(15)10(3)11(8)14(16)6-5-7-14/h5-7,16H2,1-4H3. The molecule has 0 saturated heterocycles. The molecule has 2 rings (SSSR count). The second-order valence-electron chi connectivity index (χ2n) is 5.11. The zero-order valence-electron chi connectivity index (χ0n) is 11.0. The second-order valence-corrected chi connectivity index (χ2v) is 5.90. The largest absolute Gasteiger partial charge is 0.495 e. The fourth-order valence-corrected chi connectivity index (χ4v) is 3.54. The van der Waals surface area contributed by atoms with Crippen molar-refractivity contribution in [3.63, 3.8) is 0 Å². The van der Waals surface area contributed by atoms with E-state index >= 15 is 0 Å². The summed E-state index contributed by atoms with van der Waals surface area (Å²) < 4.78 is 6.52. The van der Waals surface area contributed by atoms with E-state index in [-0.39, 0.29) is 5.54 Å². The van der Waals surface area contributed by atoms with E-state index in [4.69, 9.17) is 10.5 Å². The van der Waals surface area contributed by atoms with Crippen LogP contribution < -0.4 is 10.5 Å². The maximum Gasteiger partial charge on any atom is 0.136 e. The van der Waals surface area contributed by atoms with Gasteiger partial charge in [-0.25, -0.2) is 0 Å². The van der Waals surface area contributed by atoms with Gasteiger partial charge < -0.3 is 10.5 Å². The highest BCUT2D eigenvalue weighted by Gasteiger charge is 2.38. The zero-order valence-corrected chi connectivity index (χ0v) is 12.6. The van der Waals surface area contributed by atoms with Crippen LogP contribution in [0.1, 0.15) is 41.5 Å². The third-order valence-corrected chi connectivity index (χ3v) is 5.08. The zero-order chi connectivity index (χ0) is 12.8. The van der Waals surface area contributed by atoms with Gasteiger partial charge in [0.2, 0.25) is 0 Å². The van der Waals surface area contributed by atoms with E-state index in [0.29, 0.717) is 0 Å². The van der Waals surface area contributed by atoms with Crippen LogP contribution in [0.5, 0.6) is 5.75 Å². The molecular weight excluding hydrogens is 278 g/mol. The average Bonchev–Trinajstić information content (AvgIpc) is 2.25. The van der Waals surface area contributed by atoms with Crippen molar-refractivity contribution in [3.05, 3.63) is 26.7 Å². The van der Waals surface area contributed by atoms with Crippen molar-refractivity contribution in [1.29, 1.82) is 0 Å². The van der Waals surface area contributed by atoms with E-state index in [2.05, 4.69) is 36.7 Å². The minimum absolute atomic E-state index is 0.117. The van der Waals surface area contributed by atoms with E-state index in [9.17, 15) is 0 Å². The molecule has 0 amide bonds. The van der Waals surface area contributed by atoms with Gasteiger partial charge in [0, 0.05) is 5.54 Å². The molecule has 0 radical (unpaired) electrons. The first kappa shape index (κ1) is 12.9. The van der Waals surface area contributed by atoms with E-state index in [1.54, 1.807) is 7.11 Å². The van der Waals surface area contributed by atoms with Crippen LogP contribution in [0.2, 0.25) is 0 Å².